The van der Waals surface area contributed by atoms with Gasteiger partial charge in [0.05, 0.1) is 0 Å². The monoisotopic (exact) mass is 731 g/mol. The van der Waals surface area contributed by atoms with Gasteiger partial charge in [0.2, 0.25) is 0 Å². The first-order valence-corrected chi connectivity index (χ1v) is 18.9. The molecule has 0 spiro atoms. The average molecular weight is 732 g/mol. The molecule has 5 heteroatoms. The van der Waals surface area contributed by atoms with E-state index in [2.05, 4.69) is 81.1 Å². The number of ether oxygens (including phenoxy) is 1. The van der Waals surface area contributed by atoms with Gasteiger partial charge in [-0.3, -0.25) is 0 Å². The predicted octanol–water partition coefficient (Wildman–Crippen LogP) is 11.7. The first-order chi connectivity index (χ1) is 26.5. The van der Waals surface area contributed by atoms with Crippen LogP contribution >= 0.6 is 0 Å². The summed E-state index contributed by atoms with van der Waals surface area (Å²) in [6.07, 6.45) is 0. The van der Waals surface area contributed by atoms with Crippen molar-refractivity contribution in [2.45, 2.75) is 27.7 Å². The Hall–Kier alpha value is -6.04. The first kappa shape index (κ1) is 40.2. The van der Waals surface area contributed by atoms with Crippen molar-refractivity contribution in [3.63, 3.8) is 0 Å². The highest BCUT2D eigenvalue weighted by atomic mass is 16.5. The Morgan fingerprint density at radius 2 is 0.745 bits per heavy atom. The van der Waals surface area contributed by atoms with Crippen LogP contribution in [0.3, 0.4) is 0 Å². The second kappa shape index (κ2) is 19.3. The predicted molar refractivity (Wildman–Crippen MR) is 229 cm³/mol. The second-order valence-corrected chi connectivity index (χ2v) is 14.4. The van der Waals surface area contributed by atoms with Crippen LogP contribution in [0.4, 0.5) is 0 Å². The molecule has 55 heavy (non-hydrogen) atoms. The van der Waals surface area contributed by atoms with E-state index in [0.717, 1.165) is 40.1 Å². The van der Waals surface area contributed by atoms with Gasteiger partial charge in [0, 0.05) is 6.54 Å². The van der Waals surface area contributed by atoms with E-state index in [4.69, 9.17) is 4.74 Å². The van der Waals surface area contributed by atoms with Gasteiger partial charge in [0.25, 0.3) is 0 Å². The lowest BCUT2D eigenvalue weighted by Gasteiger charge is -2.20. The Labute approximate surface area is 327 Å². The van der Waals surface area contributed by atoms with Gasteiger partial charge in [0.15, 0.2) is 0 Å². The molecule has 0 heterocycles. The summed E-state index contributed by atoms with van der Waals surface area (Å²) in [5.74, 6) is 2.27. The van der Waals surface area contributed by atoms with Crippen LogP contribution in [0.25, 0.3) is 22.3 Å². The van der Waals surface area contributed by atoms with E-state index in [0.29, 0.717) is 18.4 Å². The average Bonchev–Trinajstić information content (AvgIpc) is 3.18. The zero-order chi connectivity index (χ0) is 39.3. The fraction of sp³-hybridized carbons (Fsp3) is 0.200. The lowest BCUT2D eigenvalue weighted by molar-refractivity contribution is 0.261. The third kappa shape index (κ3) is 11.0. The van der Waals surface area contributed by atoms with Gasteiger partial charge in [-0.05, 0) is 130 Å². The van der Waals surface area contributed by atoms with Crippen LogP contribution in [0.5, 0.6) is 23.0 Å². The molecular formula is C50H53NO4. The molecule has 6 aromatic carbocycles. The van der Waals surface area contributed by atoms with Crippen molar-refractivity contribution in [1.29, 1.82) is 0 Å². The number of phenols is 3. The maximum Gasteiger partial charge on any atom is 0.119 e. The SMILES string of the molecule is CC(C)/C(=C(\c1ccc(O)cc1)c1ccc(OCCN(C)C)cc1)c1ccccc1.CC(C)C(=C(c1ccc(O)cc1)c1ccc(O)cc1)c1ccccc1. The summed E-state index contributed by atoms with van der Waals surface area (Å²) in [6, 6.07) is 51.2. The van der Waals surface area contributed by atoms with Crippen molar-refractivity contribution in [3.8, 4) is 23.0 Å². The minimum absolute atomic E-state index is 0.250. The number of aromatic hydroxyl groups is 3. The minimum atomic E-state index is 0.250. The van der Waals surface area contributed by atoms with Crippen molar-refractivity contribution in [2.24, 2.45) is 11.8 Å². The fourth-order valence-corrected chi connectivity index (χ4v) is 6.67. The minimum Gasteiger partial charge on any atom is -0.508 e. The molecule has 0 radical (unpaired) electrons. The number of phenolic OH excluding ortho intramolecular Hbond substituents is 3. The molecule has 282 valence electrons. The number of allylic oxidation sites excluding steroid dienone is 2. The molecule has 0 amide bonds. The Bertz CT molecular complexity index is 2080. The molecule has 6 aromatic rings. The topological polar surface area (TPSA) is 73.2 Å². The molecule has 0 saturated heterocycles. The van der Waals surface area contributed by atoms with Crippen molar-refractivity contribution in [1.82, 2.24) is 4.90 Å². The van der Waals surface area contributed by atoms with Gasteiger partial charge in [-0.1, -0.05) is 137 Å². The van der Waals surface area contributed by atoms with Gasteiger partial charge < -0.3 is 25.0 Å². The summed E-state index contributed by atoms with van der Waals surface area (Å²) in [5, 5.41) is 29.1. The molecule has 0 atom stereocenters. The highest BCUT2D eigenvalue weighted by molar-refractivity contribution is 6.00. The number of likely N-dealkylation sites (N-methyl/N-ethyl adjacent to an activating group) is 1. The van der Waals surface area contributed by atoms with Crippen molar-refractivity contribution < 1.29 is 20.1 Å². The molecule has 5 nitrogen and oxygen atoms in total. The molecule has 0 aliphatic carbocycles. The summed E-state index contributed by atoms with van der Waals surface area (Å²) >= 11 is 0. The largest absolute Gasteiger partial charge is 0.508 e. The Kier molecular flexibility index (Phi) is 14.1. The van der Waals surface area contributed by atoms with Gasteiger partial charge in [-0.15, -0.1) is 0 Å². The third-order valence-corrected chi connectivity index (χ3v) is 9.28. The summed E-state index contributed by atoms with van der Waals surface area (Å²) in [5.41, 5.74) is 11.5. The Morgan fingerprint density at radius 3 is 1.04 bits per heavy atom. The fourth-order valence-electron chi connectivity index (χ4n) is 6.67. The van der Waals surface area contributed by atoms with Crippen LogP contribution < -0.4 is 4.74 Å². The molecule has 6 rings (SSSR count). The van der Waals surface area contributed by atoms with E-state index in [-0.39, 0.29) is 17.2 Å². The molecular weight excluding hydrogens is 679 g/mol. The smallest absolute Gasteiger partial charge is 0.119 e. The molecule has 3 N–H and O–H groups in total. The van der Waals surface area contributed by atoms with E-state index >= 15 is 0 Å². The molecule has 0 aliphatic heterocycles. The standard InChI is InChI=1S/C27H31NO2.C23H22O2/c1-20(2)26(21-8-6-5-7-9-21)27(22-10-14-24(29)15-11-22)23-12-16-25(17-13-23)30-19-18-28(3)4;1-16(2)22(17-6-4-3-5-7-17)23(18-8-12-20(24)13-9-18)19-10-14-21(25)15-11-19/h5-17,20,29H,18-19H2,1-4H3;3-16,24-25H,1-2H3/b27-26-;. The normalized spacial score (nSPS) is 11.5. The summed E-state index contributed by atoms with van der Waals surface area (Å²) < 4.78 is 5.87. The number of rotatable bonds is 12. The van der Waals surface area contributed by atoms with Gasteiger partial charge in [-0.2, -0.15) is 0 Å². The van der Waals surface area contributed by atoms with E-state index < -0.39 is 0 Å². The van der Waals surface area contributed by atoms with E-state index in [1.807, 2.05) is 86.9 Å². The van der Waals surface area contributed by atoms with Crippen LogP contribution in [0.15, 0.2) is 158 Å². The number of benzene rings is 6. The molecule has 0 unspecified atom stereocenters. The lowest BCUT2D eigenvalue weighted by Crippen LogP contribution is -2.19. The third-order valence-electron chi connectivity index (χ3n) is 9.28. The van der Waals surface area contributed by atoms with Crippen molar-refractivity contribution >= 4 is 22.3 Å². The zero-order valence-electron chi connectivity index (χ0n) is 32.8. The number of hydrogen-bond acceptors (Lipinski definition) is 5. The van der Waals surface area contributed by atoms with Crippen molar-refractivity contribution in [2.75, 3.05) is 27.2 Å². The number of hydrogen-bond donors (Lipinski definition) is 3. The van der Waals surface area contributed by atoms with Crippen LogP contribution in [-0.2, 0) is 0 Å². The molecule has 0 bridgehead atoms. The Balaban J connectivity index is 0.000000214. The highest BCUT2D eigenvalue weighted by Crippen LogP contribution is 2.39. The highest BCUT2D eigenvalue weighted by Gasteiger charge is 2.18. The van der Waals surface area contributed by atoms with Crippen LogP contribution in [0.1, 0.15) is 61.1 Å². The lowest BCUT2D eigenvalue weighted by atomic mass is 9.84. The van der Waals surface area contributed by atoms with Gasteiger partial charge >= 0.3 is 0 Å². The van der Waals surface area contributed by atoms with Crippen LogP contribution in [-0.4, -0.2) is 47.5 Å². The van der Waals surface area contributed by atoms with Crippen LogP contribution in [0.2, 0.25) is 0 Å². The molecule has 0 fully saturated rings. The maximum absolute atomic E-state index is 9.80. The van der Waals surface area contributed by atoms with E-state index in [1.54, 1.807) is 36.4 Å². The van der Waals surface area contributed by atoms with Gasteiger partial charge in [-0.25, -0.2) is 0 Å². The summed E-state index contributed by atoms with van der Waals surface area (Å²) in [4.78, 5) is 2.11. The van der Waals surface area contributed by atoms with Crippen molar-refractivity contribution in [3.05, 3.63) is 191 Å². The molecule has 0 aliphatic rings. The van der Waals surface area contributed by atoms with Crippen LogP contribution in [0, 0.1) is 11.8 Å². The molecule has 0 aromatic heterocycles. The molecule has 0 saturated carbocycles. The zero-order valence-corrected chi connectivity index (χ0v) is 32.8. The Morgan fingerprint density at radius 1 is 0.436 bits per heavy atom. The summed E-state index contributed by atoms with van der Waals surface area (Å²) in [6.45, 7) is 10.4. The number of nitrogens with zero attached hydrogens (tertiary/aromatic N) is 1. The van der Waals surface area contributed by atoms with E-state index in [1.165, 1.54) is 27.8 Å². The maximum atomic E-state index is 9.80. The van der Waals surface area contributed by atoms with E-state index in [9.17, 15) is 15.3 Å². The quantitative estimate of drug-likeness (QED) is 0.109. The second-order valence-electron chi connectivity index (χ2n) is 14.4. The van der Waals surface area contributed by atoms with Gasteiger partial charge in [0.1, 0.15) is 29.6 Å². The summed E-state index contributed by atoms with van der Waals surface area (Å²) in [7, 11) is 4.08. The first-order valence-electron chi connectivity index (χ1n) is 18.9.